The van der Waals surface area contributed by atoms with Crippen LogP contribution in [-0.4, -0.2) is 68.0 Å². The van der Waals surface area contributed by atoms with Crippen molar-refractivity contribution in [2.45, 2.75) is 38.2 Å². The Labute approximate surface area is 163 Å². The number of aromatic nitrogens is 4. The Kier molecular flexibility index (Phi) is 4.34. The zero-order valence-corrected chi connectivity index (χ0v) is 16.3. The number of ether oxygens (including phenoxy) is 1. The Morgan fingerprint density at radius 3 is 2.96 bits per heavy atom. The summed E-state index contributed by atoms with van der Waals surface area (Å²) in [6.45, 7) is 4.17. The molecule has 2 aromatic heterocycles. The first-order valence-corrected chi connectivity index (χ1v) is 9.79. The van der Waals surface area contributed by atoms with Gasteiger partial charge in [-0.3, -0.25) is 9.80 Å². The van der Waals surface area contributed by atoms with E-state index in [1.165, 1.54) is 10.9 Å². The van der Waals surface area contributed by atoms with Crippen LogP contribution in [0, 0.1) is 0 Å². The van der Waals surface area contributed by atoms with E-state index in [-0.39, 0.29) is 12.1 Å². The molecule has 4 heterocycles. The normalized spacial score (nSPS) is 23.4. The molecule has 2 aliphatic rings. The van der Waals surface area contributed by atoms with E-state index in [4.69, 9.17) is 4.74 Å². The summed E-state index contributed by atoms with van der Waals surface area (Å²) in [7, 11) is 3.74. The largest absolute Gasteiger partial charge is 0.497 e. The summed E-state index contributed by atoms with van der Waals surface area (Å²) in [4.78, 5) is 7.93. The monoisotopic (exact) mass is 382 g/mol. The lowest BCUT2D eigenvalue weighted by Crippen LogP contribution is -2.34. The van der Waals surface area contributed by atoms with Gasteiger partial charge in [0, 0.05) is 43.3 Å². The maximum Gasteiger partial charge on any atom is 0.150 e. The lowest BCUT2D eigenvalue weighted by molar-refractivity contribution is 0.182. The fourth-order valence-corrected chi connectivity index (χ4v) is 4.54. The van der Waals surface area contributed by atoms with E-state index >= 15 is 0 Å². The molecule has 2 atom stereocenters. The molecule has 5 rings (SSSR count). The summed E-state index contributed by atoms with van der Waals surface area (Å²) in [5, 5.41) is 20.1. The number of aromatic amines is 1. The lowest BCUT2D eigenvalue weighted by Gasteiger charge is -2.29. The van der Waals surface area contributed by atoms with E-state index in [9.17, 15) is 5.11 Å². The average molecular weight is 382 g/mol. The molecule has 0 spiro atoms. The summed E-state index contributed by atoms with van der Waals surface area (Å²) in [5.41, 5.74) is 2.39. The number of nitrogens with one attached hydrogen (secondary N) is 1. The number of H-pyrrole nitrogens is 1. The summed E-state index contributed by atoms with van der Waals surface area (Å²) >= 11 is 0. The van der Waals surface area contributed by atoms with E-state index < -0.39 is 0 Å². The van der Waals surface area contributed by atoms with Crippen molar-refractivity contribution in [2.24, 2.45) is 0 Å². The number of hydrogen-bond donors (Lipinski definition) is 2. The number of aliphatic hydroxyl groups excluding tert-OH is 1. The Morgan fingerprint density at radius 1 is 1.29 bits per heavy atom. The highest BCUT2D eigenvalue weighted by atomic mass is 16.5. The molecule has 0 unspecified atom stereocenters. The minimum absolute atomic E-state index is 0.156. The van der Waals surface area contributed by atoms with Gasteiger partial charge in [0.25, 0.3) is 0 Å². The quantitative estimate of drug-likeness (QED) is 0.712. The Bertz CT molecular complexity index is 996. The summed E-state index contributed by atoms with van der Waals surface area (Å²) in [6.07, 6.45) is 2.54. The highest BCUT2D eigenvalue weighted by molar-refractivity contribution is 5.84. The van der Waals surface area contributed by atoms with Crippen molar-refractivity contribution >= 4 is 10.9 Å². The molecule has 2 aliphatic heterocycles. The van der Waals surface area contributed by atoms with E-state index in [2.05, 4.69) is 47.9 Å². The number of β-amino-alcohol motifs (C(OH)–C–C–N with tert-alkyl or cyclic N) is 1. The van der Waals surface area contributed by atoms with E-state index in [1.54, 1.807) is 7.11 Å². The molecule has 8 nitrogen and oxygen atoms in total. The minimum atomic E-state index is -0.276. The maximum absolute atomic E-state index is 9.96. The molecular formula is C20H26N6O2. The van der Waals surface area contributed by atoms with Crippen LogP contribution in [0.15, 0.2) is 24.4 Å². The van der Waals surface area contributed by atoms with Crippen LogP contribution in [0.4, 0.5) is 0 Å². The number of fused-ring (bicyclic) bond motifs is 2. The number of nitrogens with zero attached hydrogens (tertiary/aromatic N) is 5. The van der Waals surface area contributed by atoms with Crippen LogP contribution >= 0.6 is 0 Å². The molecule has 8 heteroatoms. The predicted molar refractivity (Wildman–Crippen MR) is 105 cm³/mol. The van der Waals surface area contributed by atoms with Crippen molar-refractivity contribution in [1.82, 2.24) is 29.5 Å². The summed E-state index contributed by atoms with van der Waals surface area (Å²) in [6, 6.07) is 6.28. The Balaban J connectivity index is 1.35. The van der Waals surface area contributed by atoms with Crippen molar-refractivity contribution in [3.8, 4) is 5.75 Å². The molecule has 1 fully saturated rings. The molecule has 1 aromatic carbocycles. The van der Waals surface area contributed by atoms with Crippen LogP contribution < -0.4 is 4.74 Å². The molecular weight excluding hydrogens is 356 g/mol. The second-order valence-corrected chi connectivity index (χ2v) is 7.91. The van der Waals surface area contributed by atoms with Crippen LogP contribution in [0.1, 0.15) is 29.7 Å². The van der Waals surface area contributed by atoms with Crippen molar-refractivity contribution in [3.63, 3.8) is 0 Å². The van der Waals surface area contributed by atoms with Gasteiger partial charge in [-0.1, -0.05) is 0 Å². The number of aliphatic hydroxyl groups is 1. The van der Waals surface area contributed by atoms with Crippen LogP contribution in [0.25, 0.3) is 10.9 Å². The smallest absolute Gasteiger partial charge is 0.150 e. The first-order chi connectivity index (χ1) is 13.6. The first-order valence-electron chi connectivity index (χ1n) is 9.79. The maximum atomic E-state index is 9.96. The number of rotatable bonds is 4. The van der Waals surface area contributed by atoms with Gasteiger partial charge in [0.05, 0.1) is 25.8 Å². The van der Waals surface area contributed by atoms with Gasteiger partial charge >= 0.3 is 0 Å². The third-order valence-corrected chi connectivity index (χ3v) is 6.05. The molecule has 0 aliphatic carbocycles. The molecule has 28 heavy (non-hydrogen) atoms. The standard InChI is InChI=1S/C20H26N6O2/c1-24-11-14(27)7-18(24)20-23-22-19-12-25(5-6-26(19)20)10-13-9-21-17-4-3-15(28-2)8-16(13)17/h3-4,8-9,14,18,21,27H,5-7,10-12H2,1-2H3/t14-,18+/m1/s1. The molecule has 0 radical (unpaired) electrons. The third kappa shape index (κ3) is 2.97. The van der Waals surface area contributed by atoms with Gasteiger partial charge in [0.15, 0.2) is 5.82 Å². The first kappa shape index (κ1) is 17.7. The lowest BCUT2D eigenvalue weighted by atomic mass is 10.1. The topological polar surface area (TPSA) is 82.4 Å². The summed E-state index contributed by atoms with van der Waals surface area (Å²) < 4.78 is 7.62. The van der Waals surface area contributed by atoms with Crippen molar-refractivity contribution in [2.75, 3.05) is 27.2 Å². The molecule has 0 bridgehead atoms. The fourth-order valence-electron chi connectivity index (χ4n) is 4.54. The highest BCUT2D eigenvalue weighted by Crippen LogP contribution is 2.31. The van der Waals surface area contributed by atoms with Crippen LogP contribution in [0.3, 0.4) is 0 Å². The van der Waals surface area contributed by atoms with Crippen LogP contribution in [0.5, 0.6) is 5.75 Å². The van der Waals surface area contributed by atoms with Gasteiger partial charge in [-0.25, -0.2) is 0 Å². The minimum Gasteiger partial charge on any atom is -0.497 e. The zero-order valence-electron chi connectivity index (χ0n) is 16.3. The van der Waals surface area contributed by atoms with Gasteiger partial charge in [0.1, 0.15) is 11.6 Å². The van der Waals surface area contributed by atoms with Gasteiger partial charge in [-0.2, -0.15) is 0 Å². The average Bonchev–Trinajstić information content (AvgIpc) is 3.38. The highest BCUT2D eigenvalue weighted by Gasteiger charge is 2.34. The second kappa shape index (κ2) is 6.88. The Morgan fingerprint density at radius 2 is 2.18 bits per heavy atom. The number of methoxy groups -OCH3 is 1. The second-order valence-electron chi connectivity index (χ2n) is 7.91. The molecule has 1 saturated heterocycles. The van der Waals surface area contributed by atoms with Gasteiger partial charge in [-0.15, -0.1) is 10.2 Å². The van der Waals surface area contributed by atoms with Gasteiger partial charge < -0.3 is 19.4 Å². The van der Waals surface area contributed by atoms with Gasteiger partial charge in [0.2, 0.25) is 0 Å². The number of likely N-dealkylation sites (tertiary alicyclic amines) is 1. The van der Waals surface area contributed by atoms with Crippen LogP contribution in [0.2, 0.25) is 0 Å². The van der Waals surface area contributed by atoms with Crippen molar-refractivity contribution < 1.29 is 9.84 Å². The number of hydrogen-bond acceptors (Lipinski definition) is 6. The van der Waals surface area contributed by atoms with E-state index in [0.717, 1.165) is 55.5 Å². The van der Waals surface area contributed by atoms with E-state index in [0.29, 0.717) is 6.54 Å². The molecule has 3 aromatic rings. The number of benzene rings is 1. The van der Waals surface area contributed by atoms with E-state index in [1.807, 2.05) is 13.1 Å². The molecule has 0 amide bonds. The molecule has 2 N–H and O–H groups in total. The molecule has 0 saturated carbocycles. The Hall–Kier alpha value is -2.42. The molecule has 148 valence electrons. The predicted octanol–water partition coefficient (Wildman–Crippen LogP) is 1.52. The van der Waals surface area contributed by atoms with Crippen LogP contribution in [-0.2, 0) is 19.6 Å². The zero-order chi connectivity index (χ0) is 19.3. The van der Waals surface area contributed by atoms with Gasteiger partial charge in [-0.05, 0) is 37.2 Å². The number of likely N-dealkylation sites (N-methyl/N-ethyl adjacent to an activating group) is 1. The third-order valence-electron chi connectivity index (χ3n) is 6.05. The fraction of sp³-hybridized carbons (Fsp3) is 0.500. The van der Waals surface area contributed by atoms with Crippen molar-refractivity contribution in [1.29, 1.82) is 0 Å². The summed E-state index contributed by atoms with van der Waals surface area (Å²) in [5.74, 6) is 2.87. The van der Waals surface area contributed by atoms with Crippen molar-refractivity contribution in [3.05, 3.63) is 41.6 Å². The SMILES string of the molecule is COc1ccc2[nH]cc(CN3CCn4c(nnc4[C@@H]4C[C@@H](O)CN4C)C3)c2c1.